The van der Waals surface area contributed by atoms with Crippen LogP contribution in [0.4, 0.5) is 4.39 Å². The van der Waals surface area contributed by atoms with Gasteiger partial charge in [-0.25, -0.2) is 4.39 Å². The first-order chi connectivity index (χ1) is 16.0. The molecule has 4 rings (SSSR count). The Labute approximate surface area is 196 Å². The van der Waals surface area contributed by atoms with E-state index < -0.39 is 0 Å². The molecule has 0 fully saturated rings. The van der Waals surface area contributed by atoms with Crippen LogP contribution >= 0.6 is 11.8 Å². The molecule has 8 heteroatoms. The summed E-state index contributed by atoms with van der Waals surface area (Å²) in [4.78, 5) is 16.5. The first-order valence-corrected chi connectivity index (χ1v) is 11.6. The Morgan fingerprint density at radius 2 is 1.82 bits per heavy atom. The second-order valence-electron chi connectivity index (χ2n) is 7.95. The lowest BCUT2D eigenvalue weighted by Gasteiger charge is -2.11. The summed E-state index contributed by atoms with van der Waals surface area (Å²) in [6.07, 6.45) is 3.39. The van der Waals surface area contributed by atoms with Crippen LogP contribution in [0.25, 0.3) is 17.1 Å². The molecule has 0 aliphatic heterocycles. The fourth-order valence-corrected chi connectivity index (χ4v) is 4.12. The van der Waals surface area contributed by atoms with Crippen molar-refractivity contribution in [3.63, 3.8) is 0 Å². The molecule has 2 aromatic heterocycles. The highest BCUT2D eigenvalue weighted by atomic mass is 32.2. The summed E-state index contributed by atoms with van der Waals surface area (Å²) < 4.78 is 15.4. The zero-order valence-electron chi connectivity index (χ0n) is 18.4. The van der Waals surface area contributed by atoms with Gasteiger partial charge in [0.05, 0.1) is 0 Å². The van der Waals surface area contributed by atoms with Crippen molar-refractivity contribution in [2.24, 2.45) is 5.92 Å². The quantitative estimate of drug-likeness (QED) is 0.368. The van der Waals surface area contributed by atoms with Crippen LogP contribution < -0.4 is 5.32 Å². The maximum atomic E-state index is 13.5. The van der Waals surface area contributed by atoms with E-state index >= 15 is 0 Å². The second kappa shape index (κ2) is 10.4. The lowest BCUT2D eigenvalue weighted by atomic mass is 10.1. The van der Waals surface area contributed by atoms with Crippen LogP contribution in [0.1, 0.15) is 29.8 Å². The van der Waals surface area contributed by atoms with Gasteiger partial charge in [0, 0.05) is 41.5 Å². The first kappa shape index (κ1) is 22.7. The van der Waals surface area contributed by atoms with E-state index in [4.69, 9.17) is 0 Å². The average Bonchev–Trinajstić information content (AvgIpc) is 3.26. The summed E-state index contributed by atoms with van der Waals surface area (Å²) in [5, 5.41) is 12.4. The number of aromatic nitrogens is 4. The molecule has 0 saturated heterocycles. The van der Waals surface area contributed by atoms with E-state index in [1.807, 2.05) is 41.0 Å². The van der Waals surface area contributed by atoms with E-state index in [-0.39, 0.29) is 11.7 Å². The van der Waals surface area contributed by atoms with Crippen molar-refractivity contribution >= 4 is 17.7 Å². The zero-order chi connectivity index (χ0) is 23.2. The Kier molecular flexibility index (Phi) is 7.14. The molecule has 2 heterocycles. The third-order valence-corrected chi connectivity index (χ3v) is 5.88. The van der Waals surface area contributed by atoms with Gasteiger partial charge in [-0.1, -0.05) is 37.7 Å². The van der Waals surface area contributed by atoms with Gasteiger partial charge in [-0.2, -0.15) is 0 Å². The van der Waals surface area contributed by atoms with E-state index in [1.54, 1.807) is 24.5 Å². The Morgan fingerprint density at radius 1 is 1.06 bits per heavy atom. The van der Waals surface area contributed by atoms with Crippen LogP contribution in [-0.4, -0.2) is 32.2 Å². The van der Waals surface area contributed by atoms with Crippen molar-refractivity contribution in [3.05, 3.63) is 90.0 Å². The van der Waals surface area contributed by atoms with Crippen molar-refractivity contribution in [1.82, 2.24) is 25.1 Å². The SMILES string of the molecule is CC(C)CNC(=O)c1cccc(CSc2nnc(-c3ccncc3)n2-c2ccc(F)cc2)c1. The largest absolute Gasteiger partial charge is 0.352 e. The first-order valence-electron chi connectivity index (χ1n) is 10.6. The lowest BCUT2D eigenvalue weighted by molar-refractivity contribution is 0.0949. The number of nitrogens with zero attached hydrogens (tertiary/aromatic N) is 4. The Morgan fingerprint density at radius 3 is 2.55 bits per heavy atom. The molecular weight excluding hydrogens is 437 g/mol. The second-order valence-corrected chi connectivity index (χ2v) is 8.89. The topological polar surface area (TPSA) is 72.7 Å². The summed E-state index contributed by atoms with van der Waals surface area (Å²) >= 11 is 1.50. The maximum absolute atomic E-state index is 13.5. The van der Waals surface area contributed by atoms with Crippen LogP contribution in [0, 0.1) is 11.7 Å². The van der Waals surface area contributed by atoms with E-state index in [0.717, 1.165) is 16.8 Å². The number of amides is 1. The van der Waals surface area contributed by atoms with Gasteiger partial charge in [-0.05, 0) is 60.0 Å². The predicted molar refractivity (Wildman–Crippen MR) is 128 cm³/mol. The Balaban J connectivity index is 1.59. The molecule has 4 aromatic rings. The van der Waals surface area contributed by atoms with Crippen molar-refractivity contribution in [1.29, 1.82) is 0 Å². The van der Waals surface area contributed by atoms with Crippen LogP contribution in [0.15, 0.2) is 78.2 Å². The predicted octanol–water partition coefficient (Wildman–Crippen LogP) is 5.15. The third-order valence-electron chi connectivity index (χ3n) is 4.88. The highest BCUT2D eigenvalue weighted by Gasteiger charge is 2.17. The van der Waals surface area contributed by atoms with E-state index in [2.05, 4.69) is 34.3 Å². The molecular formula is C25H24FN5OS. The number of benzene rings is 2. The molecule has 0 aliphatic carbocycles. The van der Waals surface area contributed by atoms with Gasteiger partial charge in [0.15, 0.2) is 11.0 Å². The fraction of sp³-hybridized carbons (Fsp3) is 0.200. The standard InChI is InChI=1S/C25H24FN5OS/c1-17(2)15-28-24(32)20-5-3-4-18(14-20)16-33-25-30-29-23(19-10-12-27-13-11-19)31(25)22-8-6-21(26)7-9-22/h3-14,17H,15-16H2,1-2H3,(H,28,32). The number of rotatable bonds is 8. The summed E-state index contributed by atoms with van der Waals surface area (Å²) in [5.41, 5.74) is 3.25. The Bertz CT molecular complexity index is 1230. The molecule has 168 valence electrons. The molecule has 0 aliphatic rings. The number of nitrogens with one attached hydrogen (secondary N) is 1. The van der Waals surface area contributed by atoms with Crippen molar-refractivity contribution in [2.45, 2.75) is 24.8 Å². The molecule has 6 nitrogen and oxygen atoms in total. The number of halogens is 1. The minimum atomic E-state index is -0.306. The minimum absolute atomic E-state index is 0.0787. The minimum Gasteiger partial charge on any atom is -0.352 e. The molecule has 33 heavy (non-hydrogen) atoms. The fourth-order valence-electron chi connectivity index (χ4n) is 3.22. The monoisotopic (exact) mass is 461 g/mol. The normalized spacial score (nSPS) is 11.0. The number of hydrogen-bond acceptors (Lipinski definition) is 5. The van der Waals surface area contributed by atoms with Gasteiger partial charge in [-0.3, -0.25) is 14.3 Å². The van der Waals surface area contributed by atoms with Crippen molar-refractivity contribution in [2.75, 3.05) is 6.54 Å². The number of carbonyl (C=O) groups is 1. The summed E-state index contributed by atoms with van der Waals surface area (Å²) in [5.74, 6) is 1.25. The molecule has 0 saturated carbocycles. The van der Waals surface area contributed by atoms with Crippen LogP contribution in [0.5, 0.6) is 0 Å². The number of thioether (sulfide) groups is 1. The van der Waals surface area contributed by atoms with Crippen LogP contribution in [0.2, 0.25) is 0 Å². The number of carbonyl (C=O) groups excluding carboxylic acids is 1. The van der Waals surface area contributed by atoms with Crippen LogP contribution in [0.3, 0.4) is 0 Å². The van der Waals surface area contributed by atoms with Gasteiger partial charge in [0.2, 0.25) is 0 Å². The van der Waals surface area contributed by atoms with E-state index in [0.29, 0.717) is 34.8 Å². The Hall–Kier alpha value is -3.52. The molecule has 1 amide bonds. The number of pyridine rings is 1. The van der Waals surface area contributed by atoms with Crippen molar-refractivity contribution in [3.8, 4) is 17.1 Å². The molecule has 1 N–H and O–H groups in total. The summed E-state index contributed by atoms with van der Waals surface area (Å²) in [6, 6.07) is 17.5. The highest BCUT2D eigenvalue weighted by molar-refractivity contribution is 7.98. The van der Waals surface area contributed by atoms with Crippen molar-refractivity contribution < 1.29 is 9.18 Å². The van der Waals surface area contributed by atoms with Gasteiger partial charge in [0.25, 0.3) is 5.91 Å². The molecule has 0 radical (unpaired) electrons. The van der Waals surface area contributed by atoms with E-state index in [1.165, 1.54) is 23.9 Å². The smallest absolute Gasteiger partial charge is 0.251 e. The molecule has 2 aromatic carbocycles. The van der Waals surface area contributed by atoms with Gasteiger partial charge < -0.3 is 5.32 Å². The number of hydrogen-bond donors (Lipinski definition) is 1. The lowest BCUT2D eigenvalue weighted by Crippen LogP contribution is -2.27. The van der Waals surface area contributed by atoms with Crippen LogP contribution in [-0.2, 0) is 5.75 Å². The van der Waals surface area contributed by atoms with Gasteiger partial charge in [0.1, 0.15) is 5.82 Å². The molecule has 0 atom stereocenters. The molecule has 0 spiro atoms. The molecule has 0 unspecified atom stereocenters. The molecule has 0 bridgehead atoms. The zero-order valence-corrected chi connectivity index (χ0v) is 19.2. The maximum Gasteiger partial charge on any atom is 0.251 e. The summed E-state index contributed by atoms with van der Waals surface area (Å²) in [7, 11) is 0. The third kappa shape index (κ3) is 5.64. The highest BCUT2D eigenvalue weighted by Crippen LogP contribution is 2.29. The average molecular weight is 462 g/mol. The van der Waals surface area contributed by atoms with E-state index in [9.17, 15) is 9.18 Å². The van der Waals surface area contributed by atoms with Gasteiger partial charge in [-0.15, -0.1) is 10.2 Å². The summed E-state index contributed by atoms with van der Waals surface area (Å²) in [6.45, 7) is 4.76. The van der Waals surface area contributed by atoms with Gasteiger partial charge >= 0.3 is 0 Å².